The van der Waals surface area contributed by atoms with Crippen molar-refractivity contribution in [1.82, 2.24) is 20.9 Å². The first-order chi connectivity index (χ1) is 14.2. The van der Waals surface area contributed by atoms with Gasteiger partial charge in [-0.3, -0.25) is 14.7 Å². The maximum Gasteiger partial charge on any atom is 0.324 e. The number of imide groups is 1. The van der Waals surface area contributed by atoms with E-state index in [1.165, 1.54) is 16.0 Å². The van der Waals surface area contributed by atoms with Crippen molar-refractivity contribution in [3.05, 3.63) is 71.8 Å². The van der Waals surface area contributed by atoms with Crippen LogP contribution in [-0.2, 0) is 11.2 Å². The summed E-state index contributed by atoms with van der Waals surface area (Å²) in [6, 6.07) is 20.5. The Bertz CT molecular complexity index is 823. The van der Waals surface area contributed by atoms with Gasteiger partial charge in [0.25, 0.3) is 0 Å². The predicted octanol–water partition coefficient (Wildman–Crippen LogP) is 1.73. The van der Waals surface area contributed by atoms with Gasteiger partial charge in [-0.15, -0.1) is 0 Å². The van der Waals surface area contributed by atoms with E-state index in [-0.39, 0.29) is 24.4 Å². The summed E-state index contributed by atoms with van der Waals surface area (Å²) < 4.78 is 0. The van der Waals surface area contributed by atoms with Gasteiger partial charge in [0.1, 0.15) is 0 Å². The largest absolute Gasteiger partial charge is 0.356 e. The first kappa shape index (κ1) is 20.4. The summed E-state index contributed by atoms with van der Waals surface area (Å²) >= 11 is 0. The number of nitrogens with zero attached hydrogens (tertiary/aromatic N) is 2. The molecule has 3 amide bonds. The van der Waals surface area contributed by atoms with E-state index in [1.54, 1.807) is 7.05 Å². The first-order valence-corrected chi connectivity index (χ1v) is 9.79. The molecule has 1 fully saturated rings. The number of aliphatic imine (C=N–C) groups is 1. The Morgan fingerprint density at radius 1 is 1.07 bits per heavy atom. The van der Waals surface area contributed by atoms with Gasteiger partial charge in [0.15, 0.2) is 5.96 Å². The fourth-order valence-corrected chi connectivity index (χ4v) is 3.34. The van der Waals surface area contributed by atoms with E-state index in [1.807, 2.05) is 12.1 Å². The van der Waals surface area contributed by atoms with Crippen LogP contribution in [0.4, 0.5) is 4.79 Å². The van der Waals surface area contributed by atoms with Crippen molar-refractivity contribution in [1.29, 1.82) is 0 Å². The highest BCUT2D eigenvalue weighted by Gasteiger charge is 2.27. The van der Waals surface area contributed by atoms with Crippen LogP contribution in [0.1, 0.15) is 17.0 Å². The van der Waals surface area contributed by atoms with E-state index in [0.717, 1.165) is 6.42 Å². The molecule has 0 aliphatic carbocycles. The van der Waals surface area contributed by atoms with Gasteiger partial charge in [-0.1, -0.05) is 60.7 Å². The smallest absolute Gasteiger partial charge is 0.324 e. The van der Waals surface area contributed by atoms with Gasteiger partial charge in [-0.05, 0) is 17.5 Å². The van der Waals surface area contributed by atoms with Crippen molar-refractivity contribution in [2.75, 3.05) is 33.2 Å². The van der Waals surface area contributed by atoms with E-state index in [4.69, 9.17) is 0 Å². The minimum Gasteiger partial charge on any atom is -0.356 e. The minimum absolute atomic E-state index is 0.0735. The lowest BCUT2D eigenvalue weighted by atomic mass is 9.92. The van der Waals surface area contributed by atoms with Gasteiger partial charge < -0.3 is 16.0 Å². The molecule has 2 aromatic carbocycles. The molecule has 29 heavy (non-hydrogen) atoms. The monoisotopic (exact) mass is 393 g/mol. The second kappa shape index (κ2) is 10.3. The summed E-state index contributed by atoms with van der Waals surface area (Å²) in [5, 5.41) is 9.06. The van der Waals surface area contributed by atoms with Gasteiger partial charge >= 0.3 is 6.03 Å². The van der Waals surface area contributed by atoms with Gasteiger partial charge in [-0.25, -0.2) is 4.79 Å². The molecule has 1 atom stereocenters. The summed E-state index contributed by atoms with van der Waals surface area (Å²) in [7, 11) is 1.71. The molecular formula is C22H27N5O2. The zero-order chi connectivity index (χ0) is 20.5. The van der Waals surface area contributed by atoms with Gasteiger partial charge in [0.2, 0.25) is 5.91 Å². The number of benzene rings is 2. The van der Waals surface area contributed by atoms with Crippen molar-refractivity contribution in [2.24, 2.45) is 4.99 Å². The van der Waals surface area contributed by atoms with Gasteiger partial charge in [0.05, 0.1) is 6.54 Å². The summed E-state index contributed by atoms with van der Waals surface area (Å²) in [6.45, 7) is 1.52. The molecule has 1 aliphatic rings. The van der Waals surface area contributed by atoms with Crippen molar-refractivity contribution in [2.45, 2.75) is 12.3 Å². The molecule has 0 bridgehead atoms. The molecule has 1 aliphatic heterocycles. The third-order valence-electron chi connectivity index (χ3n) is 4.90. The number of nitrogens with one attached hydrogen (secondary N) is 3. The van der Waals surface area contributed by atoms with Crippen LogP contribution < -0.4 is 16.0 Å². The molecular weight excluding hydrogens is 366 g/mol. The van der Waals surface area contributed by atoms with Crippen LogP contribution >= 0.6 is 0 Å². The van der Waals surface area contributed by atoms with E-state index < -0.39 is 0 Å². The number of carbonyl (C=O) groups excluding carboxylic acids is 2. The van der Waals surface area contributed by atoms with Gasteiger partial charge in [0, 0.05) is 32.6 Å². The van der Waals surface area contributed by atoms with Crippen molar-refractivity contribution in [3.8, 4) is 0 Å². The zero-order valence-electron chi connectivity index (χ0n) is 16.6. The topological polar surface area (TPSA) is 85.8 Å². The van der Waals surface area contributed by atoms with Crippen molar-refractivity contribution >= 4 is 17.9 Å². The molecule has 3 N–H and O–H groups in total. The zero-order valence-corrected chi connectivity index (χ0v) is 16.6. The van der Waals surface area contributed by atoms with Crippen LogP contribution in [0.5, 0.6) is 0 Å². The van der Waals surface area contributed by atoms with Crippen LogP contribution in [0.25, 0.3) is 0 Å². The highest BCUT2D eigenvalue weighted by molar-refractivity contribution is 6.01. The predicted molar refractivity (Wildman–Crippen MR) is 114 cm³/mol. The SMILES string of the molecule is CN=C(NCCN1C(=O)CNC1=O)NCC(Cc1ccccc1)c1ccccc1. The lowest BCUT2D eigenvalue weighted by Crippen LogP contribution is -2.44. The number of hydrogen-bond donors (Lipinski definition) is 3. The first-order valence-electron chi connectivity index (χ1n) is 9.79. The second-order valence-electron chi connectivity index (χ2n) is 6.88. The Morgan fingerprint density at radius 3 is 2.38 bits per heavy atom. The number of hydrogen-bond acceptors (Lipinski definition) is 3. The molecule has 2 aromatic rings. The molecule has 0 saturated carbocycles. The Balaban J connectivity index is 1.55. The molecule has 3 rings (SSSR count). The average Bonchev–Trinajstić information content (AvgIpc) is 3.08. The van der Waals surface area contributed by atoms with E-state index in [2.05, 4.69) is 69.5 Å². The number of guanidine groups is 1. The molecule has 152 valence electrons. The summed E-state index contributed by atoms with van der Waals surface area (Å²) in [6.07, 6.45) is 0.914. The molecule has 1 unspecified atom stereocenters. The normalized spacial score (nSPS) is 15.2. The standard InChI is InChI=1S/C22H27N5O2/c1-23-21(24-12-13-27-20(28)16-26-22(27)29)25-15-19(18-10-6-3-7-11-18)14-17-8-4-2-5-9-17/h2-11,19H,12-16H2,1H3,(H,26,29)(H2,23,24,25). The number of urea groups is 1. The maximum atomic E-state index is 11.6. The Kier molecular flexibility index (Phi) is 7.22. The molecule has 1 heterocycles. The molecule has 0 aromatic heterocycles. The fourth-order valence-electron chi connectivity index (χ4n) is 3.34. The lowest BCUT2D eigenvalue weighted by molar-refractivity contribution is -0.124. The molecule has 1 saturated heterocycles. The van der Waals surface area contributed by atoms with Gasteiger partial charge in [-0.2, -0.15) is 0 Å². The maximum absolute atomic E-state index is 11.6. The Hall–Kier alpha value is -3.35. The quantitative estimate of drug-likeness (QED) is 0.362. The number of rotatable bonds is 8. The second-order valence-corrected chi connectivity index (χ2v) is 6.88. The highest BCUT2D eigenvalue weighted by atomic mass is 16.2. The van der Waals surface area contributed by atoms with Crippen LogP contribution in [0, 0.1) is 0 Å². The van der Waals surface area contributed by atoms with Crippen LogP contribution in [0.2, 0.25) is 0 Å². The van der Waals surface area contributed by atoms with E-state index >= 15 is 0 Å². The summed E-state index contributed by atoms with van der Waals surface area (Å²) in [4.78, 5) is 28.7. The highest BCUT2D eigenvalue weighted by Crippen LogP contribution is 2.20. The molecule has 7 heteroatoms. The molecule has 7 nitrogen and oxygen atoms in total. The molecule has 0 radical (unpaired) electrons. The summed E-state index contributed by atoms with van der Waals surface area (Å²) in [5.41, 5.74) is 2.54. The lowest BCUT2D eigenvalue weighted by Gasteiger charge is -2.21. The fraction of sp³-hybridized carbons (Fsp3) is 0.318. The summed E-state index contributed by atoms with van der Waals surface area (Å²) in [5.74, 6) is 0.723. The van der Waals surface area contributed by atoms with E-state index in [0.29, 0.717) is 25.6 Å². The number of carbonyl (C=O) groups is 2. The average molecular weight is 393 g/mol. The molecule has 0 spiro atoms. The Labute approximate surface area is 171 Å². The van der Waals surface area contributed by atoms with Crippen LogP contribution in [0.3, 0.4) is 0 Å². The van der Waals surface area contributed by atoms with E-state index in [9.17, 15) is 9.59 Å². The van der Waals surface area contributed by atoms with Crippen LogP contribution in [0.15, 0.2) is 65.7 Å². The third-order valence-corrected chi connectivity index (χ3v) is 4.90. The van der Waals surface area contributed by atoms with Crippen LogP contribution in [-0.4, -0.2) is 56.0 Å². The third kappa shape index (κ3) is 5.81. The minimum atomic E-state index is -0.341. The number of amides is 3. The van der Waals surface area contributed by atoms with Crippen molar-refractivity contribution in [3.63, 3.8) is 0 Å². The Morgan fingerprint density at radius 2 is 1.76 bits per heavy atom. The van der Waals surface area contributed by atoms with Crippen molar-refractivity contribution < 1.29 is 9.59 Å².